The van der Waals surface area contributed by atoms with Crippen LogP contribution in [0.1, 0.15) is 0 Å². The van der Waals surface area contributed by atoms with Gasteiger partial charge in [-0.3, -0.25) is 9.78 Å². The average Bonchev–Trinajstić information content (AvgIpc) is 2.71. The molecule has 0 fully saturated rings. The molecule has 0 saturated heterocycles. The molecule has 0 unspecified atom stereocenters. The van der Waals surface area contributed by atoms with Crippen molar-refractivity contribution >= 4 is 11.6 Å². The van der Waals surface area contributed by atoms with Crippen molar-refractivity contribution in [3.05, 3.63) is 30.9 Å². The fourth-order valence-corrected chi connectivity index (χ4v) is 1.04. The third-order valence-electron chi connectivity index (χ3n) is 1.66. The van der Waals surface area contributed by atoms with Crippen LogP contribution in [-0.2, 0) is 11.3 Å². The van der Waals surface area contributed by atoms with Gasteiger partial charge in [0.15, 0.2) is 0 Å². The van der Waals surface area contributed by atoms with E-state index in [1.807, 2.05) is 0 Å². The quantitative estimate of drug-likeness (QED) is 0.742. The molecule has 0 aliphatic heterocycles. The molecule has 76 valence electrons. The number of pyridine rings is 1. The summed E-state index contributed by atoms with van der Waals surface area (Å²) in [6, 6.07) is 3.41. The van der Waals surface area contributed by atoms with Crippen molar-refractivity contribution in [1.82, 2.24) is 25.2 Å². The molecule has 2 heterocycles. The highest BCUT2D eigenvalue weighted by molar-refractivity contribution is 5.90. The van der Waals surface area contributed by atoms with E-state index in [0.29, 0.717) is 5.69 Å². The molecule has 0 spiro atoms. The first kappa shape index (κ1) is 9.25. The topological polar surface area (TPSA) is 85.6 Å². The van der Waals surface area contributed by atoms with Crippen molar-refractivity contribution in [1.29, 1.82) is 0 Å². The summed E-state index contributed by atoms with van der Waals surface area (Å²) < 4.78 is 1.34. The Morgan fingerprint density at radius 2 is 2.20 bits per heavy atom. The van der Waals surface area contributed by atoms with Crippen LogP contribution in [-0.4, -0.2) is 31.1 Å². The van der Waals surface area contributed by atoms with Gasteiger partial charge in [-0.15, -0.1) is 5.10 Å². The number of carbonyl (C=O) groups excluding carboxylic acids is 1. The summed E-state index contributed by atoms with van der Waals surface area (Å²) in [5.41, 5.74) is 0.697. The number of hydrogen-bond acceptors (Lipinski definition) is 5. The van der Waals surface area contributed by atoms with E-state index >= 15 is 0 Å². The summed E-state index contributed by atoms with van der Waals surface area (Å²) in [7, 11) is 0. The van der Waals surface area contributed by atoms with Crippen LogP contribution in [0, 0.1) is 0 Å². The first-order valence-corrected chi connectivity index (χ1v) is 4.25. The molecule has 1 N–H and O–H groups in total. The number of aromatic nitrogens is 5. The minimum Gasteiger partial charge on any atom is -0.324 e. The highest BCUT2D eigenvalue weighted by Crippen LogP contribution is 2.02. The van der Waals surface area contributed by atoms with E-state index in [1.165, 1.54) is 11.0 Å². The largest absolute Gasteiger partial charge is 0.324 e. The fraction of sp³-hybridized carbons (Fsp3) is 0.125. The summed E-state index contributed by atoms with van der Waals surface area (Å²) in [5, 5.41) is 13.1. The Hall–Kier alpha value is -2.31. The van der Waals surface area contributed by atoms with Gasteiger partial charge in [0.2, 0.25) is 5.91 Å². The third kappa shape index (κ3) is 2.56. The molecule has 0 aromatic carbocycles. The van der Waals surface area contributed by atoms with Crippen molar-refractivity contribution in [2.75, 3.05) is 5.32 Å². The molecule has 0 aliphatic carbocycles. The third-order valence-corrected chi connectivity index (χ3v) is 1.66. The van der Waals surface area contributed by atoms with Crippen LogP contribution in [0.5, 0.6) is 0 Å². The molecule has 2 rings (SSSR count). The predicted molar refractivity (Wildman–Crippen MR) is 50.7 cm³/mol. The SMILES string of the molecule is O=C(Cn1cnnn1)Nc1ccncc1. The van der Waals surface area contributed by atoms with Crippen LogP contribution in [0.2, 0.25) is 0 Å². The summed E-state index contributed by atoms with van der Waals surface area (Å²) in [5.74, 6) is -0.187. The molecule has 2 aromatic rings. The molecule has 0 bridgehead atoms. The molecule has 2 aromatic heterocycles. The van der Waals surface area contributed by atoms with Gasteiger partial charge in [-0.2, -0.15) is 0 Å². The van der Waals surface area contributed by atoms with E-state index in [1.54, 1.807) is 24.5 Å². The molecule has 0 saturated carbocycles. The molecule has 0 atom stereocenters. The molecular weight excluding hydrogens is 196 g/mol. The second-order valence-corrected chi connectivity index (χ2v) is 2.79. The Kier molecular flexibility index (Phi) is 2.63. The minimum absolute atomic E-state index is 0.0926. The maximum Gasteiger partial charge on any atom is 0.246 e. The normalized spacial score (nSPS) is 9.87. The van der Waals surface area contributed by atoms with Gasteiger partial charge >= 0.3 is 0 Å². The van der Waals surface area contributed by atoms with Crippen LogP contribution in [0.15, 0.2) is 30.9 Å². The molecule has 7 heteroatoms. The number of hydrogen-bond donors (Lipinski definition) is 1. The summed E-state index contributed by atoms with van der Waals surface area (Å²) in [4.78, 5) is 15.3. The van der Waals surface area contributed by atoms with E-state index < -0.39 is 0 Å². The fourth-order valence-electron chi connectivity index (χ4n) is 1.04. The Labute approximate surface area is 85.1 Å². The smallest absolute Gasteiger partial charge is 0.246 e. The van der Waals surface area contributed by atoms with Crippen molar-refractivity contribution in [2.45, 2.75) is 6.54 Å². The lowest BCUT2D eigenvalue weighted by atomic mass is 10.4. The highest BCUT2D eigenvalue weighted by Gasteiger charge is 2.03. The van der Waals surface area contributed by atoms with E-state index in [9.17, 15) is 4.79 Å². The number of tetrazole rings is 1. The van der Waals surface area contributed by atoms with Crippen molar-refractivity contribution in [3.8, 4) is 0 Å². The number of anilines is 1. The number of carbonyl (C=O) groups is 1. The van der Waals surface area contributed by atoms with Crippen LogP contribution >= 0.6 is 0 Å². The monoisotopic (exact) mass is 204 g/mol. The van der Waals surface area contributed by atoms with Gasteiger partial charge in [-0.1, -0.05) is 0 Å². The highest BCUT2D eigenvalue weighted by atomic mass is 16.2. The Balaban J connectivity index is 1.94. The van der Waals surface area contributed by atoms with E-state index in [0.717, 1.165) is 0 Å². The van der Waals surface area contributed by atoms with Gasteiger partial charge in [0.05, 0.1) is 0 Å². The summed E-state index contributed by atoms with van der Waals surface area (Å²) >= 11 is 0. The van der Waals surface area contributed by atoms with Gasteiger partial charge < -0.3 is 5.32 Å². The van der Waals surface area contributed by atoms with Crippen molar-refractivity contribution in [3.63, 3.8) is 0 Å². The number of amides is 1. The summed E-state index contributed by atoms with van der Waals surface area (Å²) in [6.07, 6.45) is 4.59. The van der Waals surface area contributed by atoms with Crippen molar-refractivity contribution in [2.24, 2.45) is 0 Å². The predicted octanol–water partition coefficient (Wildman–Crippen LogP) is -0.293. The zero-order valence-electron chi connectivity index (χ0n) is 7.74. The second kappa shape index (κ2) is 4.27. The summed E-state index contributed by atoms with van der Waals surface area (Å²) in [6.45, 7) is 0.0926. The van der Waals surface area contributed by atoms with E-state index in [2.05, 4.69) is 25.8 Å². The lowest BCUT2D eigenvalue weighted by molar-refractivity contribution is -0.116. The molecule has 0 aliphatic rings. The standard InChI is InChI=1S/C8H8N6O/c15-8(5-14-6-10-12-13-14)11-7-1-3-9-4-2-7/h1-4,6H,5H2,(H,9,11,15). The van der Waals surface area contributed by atoms with Gasteiger partial charge in [0, 0.05) is 18.1 Å². The lowest BCUT2D eigenvalue weighted by Gasteiger charge is -2.03. The maximum atomic E-state index is 11.4. The zero-order chi connectivity index (χ0) is 10.5. The molecule has 0 radical (unpaired) electrons. The number of nitrogens with zero attached hydrogens (tertiary/aromatic N) is 5. The Morgan fingerprint density at radius 3 is 2.87 bits per heavy atom. The van der Waals surface area contributed by atoms with Gasteiger partial charge in [-0.25, -0.2) is 4.68 Å². The number of nitrogens with one attached hydrogen (secondary N) is 1. The van der Waals surface area contributed by atoms with Crippen LogP contribution in [0.3, 0.4) is 0 Å². The molecule has 15 heavy (non-hydrogen) atoms. The van der Waals surface area contributed by atoms with Crippen LogP contribution in [0.4, 0.5) is 5.69 Å². The molecule has 7 nitrogen and oxygen atoms in total. The minimum atomic E-state index is -0.187. The lowest BCUT2D eigenvalue weighted by Crippen LogP contribution is -2.19. The van der Waals surface area contributed by atoms with Gasteiger partial charge in [0.1, 0.15) is 12.9 Å². The van der Waals surface area contributed by atoms with E-state index in [-0.39, 0.29) is 12.5 Å². The Bertz CT molecular complexity index is 426. The van der Waals surface area contributed by atoms with Crippen LogP contribution in [0.25, 0.3) is 0 Å². The van der Waals surface area contributed by atoms with Gasteiger partial charge in [0.25, 0.3) is 0 Å². The molecule has 1 amide bonds. The maximum absolute atomic E-state index is 11.4. The Morgan fingerprint density at radius 1 is 1.40 bits per heavy atom. The first-order valence-electron chi connectivity index (χ1n) is 4.25. The second-order valence-electron chi connectivity index (χ2n) is 2.79. The van der Waals surface area contributed by atoms with E-state index in [4.69, 9.17) is 0 Å². The number of rotatable bonds is 3. The molecular formula is C8H8N6O. The zero-order valence-corrected chi connectivity index (χ0v) is 7.74. The van der Waals surface area contributed by atoms with Gasteiger partial charge in [-0.05, 0) is 22.6 Å². The van der Waals surface area contributed by atoms with Crippen LogP contribution < -0.4 is 5.32 Å². The average molecular weight is 204 g/mol. The van der Waals surface area contributed by atoms with Crippen molar-refractivity contribution < 1.29 is 4.79 Å². The first-order chi connectivity index (χ1) is 7.34.